The Bertz CT molecular complexity index is 219. The summed E-state index contributed by atoms with van der Waals surface area (Å²) in [6.07, 6.45) is 5.40. The van der Waals surface area contributed by atoms with Crippen LogP contribution in [0, 0.1) is 28.6 Å². The van der Waals surface area contributed by atoms with Crippen molar-refractivity contribution in [1.29, 1.82) is 0 Å². The molecule has 0 rings (SSSR count). The second-order valence-electron chi connectivity index (χ2n) is 8.12. The molecule has 0 bridgehead atoms. The fourth-order valence-electron chi connectivity index (χ4n) is 3.04. The highest BCUT2D eigenvalue weighted by molar-refractivity contribution is 4.85. The zero-order valence-corrected chi connectivity index (χ0v) is 14.6. The summed E-state index contributed by atoms with van der Waals surface area (Å²) in [6.45, 7) is 21.7. The number of rotatable bonds is 7. The third kappa shape index (κ3) is 4.94. The third-order valence-electron chi connectivity index (χ3n) is 5.64. The lowest BCUT2D eigenvalue weighted by atomic mass is 9.63. The summed E-state index contributed by atoms with van der Waals surface area (Å²) >= 11 is 0. The molecule has 0 aliphatic carbocycles. The molecule has 0 amide bonds. The molecule has 0 saturated carbocycles. The van der Waals surface area contributed by atoms with Crippen molar-refractivity contribution in [2.24, 2.45) is 28.6 Å². The monoisotopic (exact) mass is 254 g/mol. The molecule has 0 aromatic rings. The van der Waals surface area contributed by atoms with Crippen LogP contribution in [0.15, 0.2) is 0 Å². The molecule has 0 aliphatic heterocycles. The minimum Gasteiger partial charge on any atom is -0.0654 e. The fraction of sp³-hybridized carbons (Fsp3) is 1.00. The predicted octanol–water partition coefficient (Wildman–Crippen LogP) is 6.55. The van der Waals surface area contributed by atoms with Crippen molar-refractivity contribution in [2.75, 3.05) is 0 Å². The number of hydrogen-bond acceptors (Lipinski definition) is 0. The van der Waals surface area contributed by atoms with Crippen LogP contribution in [-0.4, -0.2) is 0 Å². The van der Waals surface area contributed by atoms with Crippen molar-refractivity contribution < 1.29 is 0 Å². The van der Waals surface area contributed by atoms with Crippen LogP contribution in [0.2, 0.25) is 0 Å². The van der Waals surface area contributed by atoms with Gasteiger partial charge >= 0.3 is 0 Å². The summed E-state index contributed by atoms with van der Waals surface area (Å²) in [5.41, 5.74) is 0.918. The fourth-order valence-corrected chi connectivity index (χ4v) is 3.04. The first-order valence-corrected chi connectivity index (χ1v) is 8.07. The summed E-state index contributed by atoms with van der Waals surface area (Å²) in [7, 11) is 0. The first-order valence-electron chi connectivity index (χ1n) is 8.07. The van der Waals surface area contributed by atoms with E-state index in [0.717, 1.165) is 17.8 Å². The summed E-state index contributed by atoms with van der Waals surface area (Å²) in [5, 5.41) is 0. The number of hydrogen-bond donors (Lipinski definition) is 0. The second kappa shape index (κ2) is 6.96. The molecule has 110 valence electrons. The summed E-state index contributed by atoms with van der Waals surface area (Å²) in [6, 6.07) is 0. The van der Waals surface area contributed by atoms with E-state index >= 15 is 0 Å². The van der Waals surface area contributed by atoms with E-state index in [2.05, 4.69) is 62.3 Å². The van der Waals surface area contributed by atoms with Gasteiger partial charge in [-0.3, -0.25) is 0 Å². The standard InChI is InChI=1S/C18H38/c1-10-12-16(11-2)18(8,9)15(4)13-14(3)17(5,6)7/h14-16H,10-13H2,1-9H3. The normalized spacial score (nSPS) is 18.5. The summed E-state index contributed by atoms with van der Waals surface area (Å²) in [5.74, 6) is 2.49. The van der Waals surface area contributed by atoms with E-state index in [0.29, 0.717) is 10.8 Å². The van der Waals surface area contributed by atoms with E-state index < -0.39 is 0 Å². The highest BCUT2D eigenvalue weighted by Crippen LogP contribution is 2.44. The molecule has 0 nitrogen and oxygen atoms in total. The van der Waals surface area contributed by atoms with Crippen LogP contribution in [0.5, 0.6) is 0 Å². The van der Waals surface area contributed by atoms with Gasteiger partial charge in [-0.25, -0.2) is 0 Å². The van der Waals surface area contributed by atoms with Crippen molar-refractivity contribution in [2.45, 2.75) is 88.0 Å². The Balaban J connectivity index is 4.68. The van der Waals surface area contributed by atoms with Crippen molar-refractivity contribution in [1.82, 2.24) is 0 Å². The largest absolute Gasteiger partial charge is 0.0654 e. The van der Waals surface area contributed by atoms with Gasteiger partial charge in [-0.1, -0.05) is 81.6 Å². The Morgan fingerprint density at radius 1 is 0.833 bits per heavy atom. The maximum absolute atomic E-state index is 2.50. The summed E-state index contributed by atoms with van der Waals surface area (Å²) < 4.78 is 0. The first kappa shape index (κ1) is 18.0. The van der Waals surface area contributed by atoms with Crippen molar-refractivity contribution in [3.63, 3.8) is 0 Å². The molecule has 3 unspecified atom stereocenters. The van der Waals surface area contributed by atoms with Crippen LogP contribution < -0.4 is 0 Å². The topological polar surface area (TPSA) is 0 Å². The third-order valence-corrected chi connectivity index (χ3v) is 5.64. The molecular formula is C18H38. The molecule has 0 heteroatoms. The minimum absolute atomic E-state index is 0.441. The minimum atomic E-state index is 0.441. The van der Waals surface area contributed by atoms with Gasteiger partial charge in [0.1, 0.15) is 0 Å². The zero-order valence-electron chi connectivity index (χ0n) is 14.6. The molecule has 18 heavy (non-hydrogen) atoms. The van der Waals surface area contributed by atoms with Gasteiger partial charge in [0.05, 0.1) is 0 Å². The molecular weight excluding hydrogens is 216 g/mol. The molecule has 0 aliphatic rings. The van der Waals surface area contributed by atoms with Crippen molar-refractivity contribution in [3.8, 4) is 0 Å². The van der Waals surface area contributed by atoms with Crippen LogP contribution in [0.25, 0.3) is 0 Å². The van der Waals surface area contributed by atoms with Gasteiger partial charge in [-0.15, -0.1) is 0 Å². The lowest BCUT2D eigenvalue weighted by Gasteiger charge is -2.42. The molecule has 0 aromatic heterocycles. The Kier molecular flexibility index (Phi) is 6.96. The van der Waals surface area contributed by atoms with Gasteiger partial charge in [0, 0.05) is 0 Å². The average molecular weight is 255 g/mol. The maximum atomic E-state index is 2.50. The SMILES string of the molecule is CCCC(CC)C(C)(C)C(C)CC(C)C(C)(C)C. The Morgan fingerprint density at radius 3 is 1.67 bits per heavy atom. The lowest BCUT2D eigenvalue weighted by Crippen LogP contribution is -2.33. The van der Waals surface area contributed by atoms with Crippen molar-refractivity contribution in [3.05, 3.63) is 0 Å². The Morgan fingerprint density at radius 2 is 1.33 bits per heavy atom. The highest BCUT2D eigenvalue weighted by Gasteiger charge is 2.35. The molecule has 0 fully saturated rings. The summed E-state index contributed by atoms with van der Waals surface area (Å²) in [4.78, 5) is 0. The van der Waals surface area contributed by atoms with Crippen LogP contribution in [0.3, 0.4) is 0 Å². The van der Waals surface area contributed by atoms with Crippen LogP contribution in [-0.2, 0) is 0 Å². The van der Waals surface area contributed by atoms with E-state index in [1.807, 2.05) is 0 Å². The quantitative estimate of drug-likeness (QED) is 0.483. The van der Waals surface area contributed by atoms with Gasteiger partial charge < -0.3 is 0 Å². The predicted molar refractivity (Wildman–Crippen MR) is 84.9 cm³/mol. The molecule has 3 atom stereocenters. The van der Waals surface area contributed by atoms with Crippen LogP contribution >= 0.6 is 0 Å². The van der Waals surface area contributed by atoms with E-state index in [9.17, 15) is 0 Å². The Hall–Kier alpha value is 0. The molecule has 0 spiro atoms. The smallest absolute Gasteiger partial charge is 0.0300 e. The van der Waals surface area contributed by atoms with Crippen molar-refractivity contribution >= 4 is 0 Å². The van der Waals surface area contributed by atoms with Crippen LogP contribution in [0.4, 0.5) is 0 Å². The van der Waals surface area contributed by atoms with Gasteiger partial charge in [0.25, 0.3) is 0 Å². The Labute approximate surface area is 117 Å². The molecule has 0 aromatic carbocycles. The molecule has 0 heterocycles. The lowest BCUT2D eigenvalue weighted by molar-refractivity contribution is 0.0773. The molecule has 0 saturated heterocycles. The molecule has 0 N–H and O–H groups in total. The van der Waals surface area contributed by atoms with E-state index in [1.165, 1.54) is 25.7 Å². The molecule has 0 radical (unpaired) electrons. The van der Waals surface area contributed by atoms with Gasteiger partial charge in [0.15, 0.2) is 0 Å². The van der Waals surface area contributed by atoms with E-state index in [4.69, 9.17) is 0 Å². The zero-order chi connectivity index (χ0) is 14.6. The van der Waals surface area contributed by atoms with Gasteiger partial charge in [-0.2, -0.15) is 0 Å². The highest BCUT2D eigenvalue weighted by atomic mass is 14.4. The first-order chi connectivity index (χ1) is 8.07. The van der Waals surface area contributed by atoms with E-state index in [1.54, 1.807) is 0 Å². The van der Waals surface area contributed by atoms with E-state index in [-0.39, 0.29) is 0 Å². The maximum Gasteiger partial charge on any atom is -0.0300 e. The van der Waals surface area contributed by atoms with Crippen LogP contribution in [0.1, 0.15) is 88.0 Å². The van der Waals surface area contributed by atoms with Gasteiger partial charge in [0.2, 0.25) is 0 Å². The second-order valence-corrected chi connectivity index (χ2v) is 8.12. The average Bonchev–Trinajstić information content (AvgIpc) is 2.23. The van der Waals surface area contributed by atoms with Gasteiger partial charge in [-0.05, 0) is 35.0 Å².